The topological polar surface area (TPSA) is 54.0 Å². The van der Waals surface area contributed by atoms with Gasteiger partial charge in [0, 0.05) is 6.54 Å². The average molecular weight is 346 g/mol. The minimum Gasteiger partial charge on any atom is -0.323 e. The third kappa shape index (κ3) is 2.99. The lowest BCUT2D eigenvalue weighted by Crippen LogP contribution is -2.38. The van der Waals surface area contributed by atoms with Crippen LogP contribution in [0, 0.1) is 6.92 Å². The fourth-order valence-electron chi connectivity index (χ4n) is 2.61. The number of nitrogens with one attached hydrogen (secondary N) is 2. The Kier molecular flexibility index (Phi) is 4.03. The minimum atomic E-state index is -0.307. The smallest absolute Gasteiger partial charge is 0.246 e. The van der Waals surface area contributed by atoms with Crippen LogP contribution in [0.15, 0.2) is 41.0 Å². The quantitative estimate of drug-likeness (QED) is 0.822. The number of carbonyl (C=O) groups is 1. The van der Waals surface area contributed by atoms with Crippen molar-refractivity contribution in [2.75, 3.05) is 11.9 Å². The molecule has 0 bridgehead atoms. The summed E-state index contributed by atoms with van der Waals surface area (Å²) in [6, 6.07) is 11.5. The first kappa shape index (κ1) is 14.2. The molecule has 5 heteroatoms. The summed E-state index contributed by atoms with van der Waals surface area (Å²) in [6.45, 7) is 2.69. The summed E-state index contributed by atoms with van der Waals surface area (Å²) in [6.07, 6.45) is 0.957. The third-order valence-corrected chi connectivity index (χ3v) is 4.12. The molecule has 1 aliphatic rings. The normalized spacial score (nSPS) is 17.1. The molecule has 1 aromatic heterocycles. The molecule has 2 N–H and O–H groups in total. The van der Waals surface area contributed by atoms with Gasteiger partial charge in [0.1, 0.15) is 10.6 Å². The van der Waals surface area contributed by atoms with Crippen molar-refractivity contribution in [2.24, 2.45) is 0 Å². The van der Waals surface area contributed by atoms with Gasteiger partial charge in [0.05, 0.1) is 11.4 Å². The number of amides is 1. The molecule has 0 radical (unpaired) electrons. The summed E-state index contributed by atoms with van der Waals surface area (Å²) in [7, 11) is 0. The van der Waals surface area contributed by atoms with Gasteiger partial charge in [-0.25, -0.2) is 4.98 Å². The number of aromatic nitrogens is 1. The van der Waals surface area contributed by atoms with E-state index < -0.39 is 0 Å². The van der Waals surface area contributed by atoms with E-state index in [1.54, 1.807) is 0 Å². The van der Waals surface area contributed by atoms with E-state index in [0.29, 0.717) is 0 Å². The Balaban J connectivity index is 1.83. The van der Waals surface area contributed by atoms with E-state index in [0.717, 1.165) is 34.5 Å². The lowest BCUT2D eigenvalue weighted by molar-refractivity contribution is -0.118. The lowest BCUT2D eigenvalue weighted by atomic mass is 9.94. The van der Waals surface area contributed by atoms with E-state index in [2.05, 4.69) is 37.6 Å². The zero-order valence-corrected chi connectivity index (χ0v) is 13.3. The zero-order chi connectivity index (χ0) is 14.8. The highest BCUT2D eigenvalue weighted by molar-refractivity contribution is 9.10. The van der Waals surface area contributed by atoms with E-state index in [1.165, 1.54) is 5.56 Å². The zero-order valence-electron chi connectivity index (χ0n) is 11.7. The molecule has 4 nitrogen and oxygen atoms in total. The van der Waals surface area contributed by atoms with E-state index >= 15 is 0 Å². The van der Waals surface area contributed by atoms with E-state index in [-0.39, 0.29) is 11.9 Å². The number of pyridine rings is 1. The van der Waals surface area contributed by atoms with Gasteiger partial charge in [0.15, 0.2) is 0 Å². The van der Waals surface area contributed by atoms with Crippen molar-refractivity contribution in [1.82, 2.24) is 10.3 Å². The fraction of sp³-hybridized carbons (Fsp3) is 0.250. The Hall–Kier alpha value is -1.72. The predicted octanol–water partition coefficient (Wildman–Crippen LogP) is 2.98. The summed E-state index contributed by atoms with van der Waals surface area (Å²) in [5.41, 5.74) is 3.83. The molecule has 1 amide bonds. The van der Waals surface area contributed by atoms with Crippen molar-refractivity contribution in [3.8, 4) is 0 Å². The summed E-state index contributed by atoms with van der Waals surface area (Å²) < 4.78 is 0.763. The minimum absolute atomic E-state index is 0.0469. The number of hydrogen-bond acceptors (Lipinski definition) is 3. The van der Waals surface area contributed by atoms with Crippen LogP contribution in [0.4, 0.5) is 5.69 Å². The maximum Gasteiger partial charge on any atom is 0.246 e. The number of hydrogen-bond donors (Lipinski definition) is 2. The van der Waals surface area contributed by atoms with Gasteiger partial charge in [-0.05, 0) is 52.5 Å². The largest absolute Gasteiger partial charge is 0.323 e. The summed E-state index contributed by atoms with van der Waals surface area (Å²) in [5, 5.41) is 6.25. The van der Waals surface area contributed by atoms with Gasteiger partial charge in [0.2, 0.25) is 5.91 Å². The number of anilines is 1. The Morgan fingerprint density at radius 1 is 1.33 bits per heavy atom. The van der Waals surface area contributed by atoms with Crippen molar-refractivity contribution in [3.05, 3.63) is 57.8 Å². The van der Waals surface area contributed by atoms with Crippen LogP contribution in [0.1, 0.15) is 22.9 Å². The van der Waals surface area contributed by atoms with Crippen molar-refractivity contribution in [1.29, 1.82) is 0 Å². The van der Waals surface area contributed by atoms with Gasteiger partial charge in [-0.2, -0.15) is 0 Å². The number of nitrogens with zero attached hydrogens (tertiary/aromatic N) is 1. The first-order chi connectivity index (χ1) is 10.1. The maximum atomic E-state index is 12.6. The fourth-order valence-corrected chi connectivity index (χ4v) is 3.00. The molecular formula is C16H16BrN3O. The average Bonchev–Trinajstić information content (AvgIpc) is 2.49. The van der Waals surface area contributed by atoms with Crippen LogP contribution in [0.2, 0.25) is 0 Å². The molecule has 108 valence electrons. The Bertz CT molecular complexity index is 687. The molecular weight excluding hydrogens is 330 g/mol. The highest BCUT2D eigenvalue weighted by Crippen LogP contribution is 2.24. The van der Waals surface area contributed by atoms with Crippen molar-refractivity contribution in [2.45, 2.75) is 19.4 Å². The molecule has 2 heterocycles. The second-order valence-electron chi connectivity index (χ2n) is 5.09. The van der Waals surface area contributed by atoms with Gasteiger partial charge in [-0.1, -0.05) is 24.3 Å². The van der Waals surface area contributed by atoms with Crippen LogP contribution in [0.3, 0.4) is 0 Å². The second kappa shape index (κ2) is 5.95. The highest BCUT2D eigenvalue weighted by Gasteiger charge is 2.26. The number of benzene rings is 1. The van der Waals surface area contributed by atoms with Crippen molar-refractivity contribution < 1.29 is 4.79 Å². The predicted molar refractivity (Wildman–Crippen MR) is 86.2 cm³/mol. The molecule has 0 aliphatic carbocycles. The SMILES string of the molecule is Cc1nc(Br)ccc1NC(=O)C1NCCc2ccccc21. The first-order valence-electron chi connectivity index (χ1n) is 6.90. The number of carbonyl (C=O) groups excluding carboxylic acids is 1. The molecule has 1 aliphatic heterocycles. The molecule has 0 saturated heterocycles. The van der Waals surface area contributed by atoms with E-state index in [1.807, 2.05) is 37.3 Å². The van der Waals surface area contributed by atoms with Gasteiger partial charge >= 0.3 is 0 Å². The van der Waals surface area contributed by atoms with Gasteiger partial charge in [0.25, 0.3) is 0 Å². The monoisotopic (exact) mass is 345 g/mol. The van der Waals surface area contributed by atoms with Crippen molar-refractivity contribution in [3.63, 3.8) is 0 Å². The summed E-state index contributed by atoms with van der Waals surface area (Å²) >= 11 is 3.32. The van der Waals surface area contributed by atoms with Gasteiger partial charge in [-0.3, -0.25) is 4.79 Å². The first-order valence-corrected chi connectivity index (χ1v) is 7.69. The van der Waals surface area contributed by atoms with Crippen LogP contribution in [0.25, 0.3) is 0 Å². The molecule has 1 aromatic carbocycles. The Morgan fingerprint density at radius 2 is 2.14 bits per heavy atom. The standard InChI is InChI=1S/C16H16BrN3O/c1-10-13(6-7-14(17)19-10)20-16(21)15-12-5-3-2-4-11(12)8-9-18-15/h2-7,15,18H,8-9H2,1H3,(H,20,21). The molecule has 21 heavy (non-hydrogen) atoms. The number of fused-ring (bicyclic) bond motifs is 1. The van der Waals surface area contributed by atoms with E-state index in [9.17, 15) is 4.79 Å². The number of rotatable bonds is 2. The summed E-state index contributed by atoms with van der Waals surface area (Å²) in [5.74, 6) is -0.0469. The second-order valence-corrected chi connectivity index (χ2v) is 5.90. The van der Waals surface area contributed by atoms with Crippen LogP contribution >= 0.6 is 15.9 Å². The van der Waals surface area contributed by atoms with Crippen LogP contribution in [0.5, 0.6) is 0 Å². The van der Waals surface area contributed by atoms with E-state index in [4.69, 9.17) is 0 Å². The van der Waals surface area contributed by atoms with Gasteiger partial charge in [-0.15, -0.1) is 0 Å². The molecule has 0 spiro atoms. The molecule has 3 rings (SSSR count). The van der Waals surface area contributed by atoms with Crippen LogP contribution in [-0.4, -0.2) is 17.4 Å². The maximum absolute atomic E-state index is 12.6. The van der Waals surface area contributed by atoms with Crippen molar-refractivity contribution >= 4 is 27.5 Å². The van der Waals surface area contributed by atoms with Crippen LogP contribution < -0.4 is 10.6 Å². The molecule has 0 saturated carbocycles. The third-order valence-electron chi connectivity index (χ3n) is 3.68. The Morgan fingerprint density at radius 3 is 2.95 bits per heavy atom. The number of aryl methyl sites for hydroxylation is 1. The molecule has 2 aromatic rings. The van der Waals surface area contributed by atoms with Crippen LogP contribution in [-0.2, 0) is 11.2 Å². The Labute approximate surface area is 132 Å². The molecule has 1 atom stereocenters. The lowest BCUT2D eigenvalue weighted by Gasteiger charge is -2.26. The van der Waals surface area contributed by atoms with Gasteiger partial charge < -0.3 is 10.6 Å². The highest BCUT2D eigenvalue weighted by atomic mass is 79.9. The molecule has 0 fully saturated rings. The summed E-state index contributed by atoms with van der Waals surface area (Å²) in [4.78, 5) is 16.9. The number of halogens is 1. The molecule has 1 unspecified atom stereocenters.